The van der Waals surface area contributed by atoms with Crippen LogP contribution in [-0.4, -0.2) is 5.78 Å². The molecule has 1 nitrogen and oxygen atoms in total. The number of hydrogen-bond donors (Lipinski definition) is 0. The lowest BCUT2D eigenvalue weighted by atomic mass is 9.78. The van der Waals surface area contributed by atoms with Crippen LogP contribution in [0.5, 0.6) is 0 Å². The van der Waals surface area contributed by atoms with Gasteiger partial charge in [0.2, 0.25) is 0 Å². The maximum absolute atomic E-state index is 13.2. The normalized spacial score (nSPS) is 23.6. The van der Waals surface area contributed by atoms with Crippen molar-refractivity contribution in [3.8, 4) is 0 Å². The van der Waals surface area contributed by atoms with Crippen molar-refractivity contribution in [3.63, 3.8) is 0 Å². The maximum Gasteiger partial charge on any atom is 0.417 e. The second-order valence-corrected chi connectivity index (χ2v) is 5.52. The summed E-state index contributed by atoms with van der Waals surface area (Å²) < 4.78 is 51.9. The topological polar surface area (TPSA) is 17.1 Å². The number of rotatable bonds is 2. The van der Waals surface area contributed by atoms with E-state index in [2.05, 4.69) is 0 Å². The summed E-state index contributed by atoms with van der Waals surface area (Å²) >= 11 is 0. The number of hydrogen-bond acceptors (Lipinski definition) is 1. The predicted molar refractivity (Wildman–Crippen MR) is 66.9 cm³/mol. The van der Waals surface area contributed by atoms with Crippen molar-refractivity contribution >= 4 is 5.78 Å². The molecule has 1 fully saturated rings. The summed E-state index contributed by atoms with van der Waals surface area (Å²) in [6.45, 7) is 1.98. The number of carbonyl (C=O) groups excluding carboxylic acids is 1. The third kappa shape index (κ3) is 3.19. The van der Waals surface area contributed by atoms with Crippen LogP contribution < -0.4 is 0 Å². The van der Waals surface area contributed by atoms with Crippen LogP contribution in [0.2, 0.25) is 0 Å². The highest BCUT2D eigenvalue weighted by Crippen LogP contribution is 2.36. The molecule has 0 aliphatic heterocycles. The molecule has 1 saturated carbocycles. The molecular formula is C15H16F4O. The van der Waals surface area contributed by atoms with E-state index in [1.165, 1.54) is 0 Å². The molecule has 0 bridgehead atoms. The standard InChI is InChI=1S/C15H16F4O/c1-9-3-2-4-10(7-9)14(20)12-8-11(16)5-6-13(12)15(17,18)19/h5-6,8-10H,2-4,7H2,1H3. The number of carbonyl (C=O) groups is 1. The molecule has 1 aromatic rings. The van der Waals surface area contributed by atoms with Crippen LogP contribution in [0.4, 0.5) is 17.6 Å². The highest BCUT2D eigenvalue weighted by atomic mass is 19.4. The quantitative estimate of drug-likeness (QED) is 0.561. The molecular weight excluding hydrogens is 272 g/mol. The third-order valence-electron chi connectivity index (χ3n) is 3.86. The van der Waals surface area contributed by atoms with Crippen LogP contribution in [-0.2, 0) is 6.18 Å². The molecule has 0 amide bonds. The van der Waals surface area contributed by atoms with Gasteiger partial charge in [-0.2, -0.15) is 13.2 Å². The van der Waals surface area contributed by atoms with Gasteiger partial charge < -0.3 is 0 Å². The molecule has 1 aromatic carbocycles. The third-order valence-corrected chi connectivity index (χ3v) is 3.86. The van der Waals surface area contributed by atoms with E-state index in [0.29, 0.717) is 30.9 Å². The molecule has 0 spiro atoms. The van der Waals surface area contributed by atoms with Crippen molar-refractivity contribution in [1.82, 2.24) is 0 Å². The van der Waals surface area contributed by atoms with E-state index >= 15 is 0 Å². The summed E-state index contributed by atoms with van der Waals surface area (Å²) in [5, 5.41) is 0. The van der Waals surface area contributed by atoms with Crippen LogP contribution >= 0.6 is 0 Å². The zero-order valence-electron chi connectivity index (χ0n) is 11.1. The van der Waals surface area contributed by atoms with Gasteiger partial charge in [0.1, 0.15) is 5.82 Å². The molecule has 5 heteroatoms. The average molecular weight is 288 g/mol. The first-order valence-corrected chi connectivity index (χ1v) is 6.70. The molecule has 0 heterocycles. The Morgan fingerprint density at radius 1 is 1.25 bits per heavy atom. The molecule has 0 saturated heterocycles. The zero-order valence-corrected chi connectivity index (χ0v) is 11.1. The van der Waals surface area contributed by atoms with Gasteiger partial charge in [-0.25, -0.2) is 4.39 Å². The Kier molecular flexibility index (Phi) is 4.16. The Hall–Kier alpha value is -1.39. The SMILES string of the molecule is CC1CCCC(C(=O)c2cc(F)ccc2C(F)(F)F)C1. The molecule has 0 aromatic heterocycles. The van der Waals surface area contributed by atoms with Gasteiger partial charge in [-0.1, -0.05) is 19.8 Å². The van der Waals surface area contributed by atoms with E-state index in [1.54, 1.807) is 0 Å². The van der Waals surface area contributed by atoms with E-state index in [1.807, 2.05) is 6.92 Å². The molecule has 0 N–H and O–H groups in total. The summed E-state index contributed by atoms with van der Waals surface area (Å²) in [7, 11) is 0. The minimum absolute atomic E-state index is 0.320. The minimum Gasteiger partial charge on any atom is -0.294 e. The van der Waals surface area contributed by atoms with Gasteiger partial charge >= 0.3 is 6.18 Å². The van der Waals surface area contributed by atoms with Gasteiger partial charge in [-0.05, 0) is 37.0 Å². The van der Waals surface area contributed by atoms with E-state index in [-0.39, 0.29) is 0 Å². The van der Waals surface area contributed by atoms with Crippen molar-refractivity contribution in [2.45, 2.75) is 38.8 Å². The molecule has 1 aliphatic rings. The Balaban J connectivity index is 2.35. The molecule has 20 heavy (non-hydrogen) atoms. The van der Waals surface area contributed by atoms with Crippen molar-refractivity contribution in [1.29, 1.82) is 0 Å². The minimum atomic E-state index is -4.64. The van der Waals surface area contributed by atoms with Crippen molar-refractivity contribution in [2.24, 2.45) is 11.8 Å². The molecule has 2 rings (SSSR count). The highest BCUT2D eigenvalue weighted by Gasteiger charge is 2.37. The van der Waals surface area contributed by atoms with E-state index < -0.39 is 34.8 Å². The van der Waals surface area contributed by atoms with E-state index in [4.69, 9.17) is 0 Å². The molecule has 0 radical (unpaired) electrons. The first-order chi connectivity index (χ1) is 9.29. The summed E-state index contributed by atoms with van der Waals surface area (Å²) in [6.07, 6.45) is -1.67. The molecule has 110 valence electrons. The second-order valence-electron chi connectivity index (χ2n) is 5.52. The molecule has 1 aliphatic carbocycles. The lowest BCUT2D eigenvalue weighted by Gasteiger charge is -2.26. The number of Topliss-reactive ketones (excluding diaryl/α,β-unsaturated/α-hetero) is 1. The van der Waals surface area contributed by atoms with Crippen molar-refractivity contribution in [3.05, 3.63) is 35.1 Å². The summed E-state index contributed by atoms with van der Waals surface area (Å²) in [5.41, 5.74) is -1.57. The first kappa shape index (κ1) is 15.0. The lowest BCUT2D eigenvalue weighted by molar-refractivity contribution is -0.138. The van der Waals surface area contributed by atoms with Gasteiger partial charge in [-0.3, -0.25) is 4.79 Å². The van der Waals surface area contributed by atoms with E-state index in [0.717, 1.165) is 18.9 Å². The lowest BCUT2D eigenvalue weighted by Crippen LogP contribution is -2.24. The second kappa shape index (κ2) is 5.54. The summed E-state index contributed by atoms with van der Waals surface area (Å²) in [5.74, 6) is -1.50. The average Bonchev–Trinajstić information content (AvgIpc) is 2.36. The smallest absolute Gasteiger partial charge is 0.294 e. The Morgan fingerprint density at radius 2 is 1.95 bits per heavy atom. The predicted octanol–water partition coefficient (Wildman–Crippen LogP) is 4.85. The number of alkyl halides is 3. The fourth-order valence-corrected chi connectivity index (χ4v) is 2.86. The summed E-state index contributed by atoms with van der Waals surface area (Å²) in [6, 6.07) is 2.10. The first-order valence-electron chi connectivity index (χ1n) is 6.70. The Labute approximate surface area is 115 Å². The van der Waals surface area contributed by atoms with E-state index in [9.17, 15) is 22.4 Å². The summed E-state index contributed by atoms with van der Waals surface area (Å²) in [4.78, 5) is 12.3. The van der Waals surface area contributed by atoms with Crippen LogP contribution in [0.15, 0.2) is 18.2 Å². The Morgan fingerprint density at radius 3 is 2.55 bits per heavy atom. The van der Waals surface area contributed by atoms with Gasteiger partial charge in [0.05, 0.1) is 5.56 Å². The van der Waals surface area contributed by atoms with Crippen molar-refractivity contribution < 1.29 is 22.4 Å². The van der Waals surface area contributed by atoms with Crippen LogP contribution in [0.1, 0.15) is 48.5 Å². The fraction of sp³-hybridized carbons (Fsp3) is 0.533. The highest BCUT2D eigenvalue weighted by molar-refractivity contribution is 5.99. The number of halogens is 4. The van der Waals surface area contributed by atoms with Gasteiger partial charge in [-0.15, -0.1) is 0 Å². The van der Waals surface area contributed by atoms with Gasteiger partial charge in [0.25, 0.3) is 0 Å². The number of benzene rings is 1. The monoisotopic (exact) mass is 288 g/mol. The van der Waals surface area contributed by atoms with Crippen LogP contribution in [0, 0.1) is 17.7 Å². The van der Waals surface area contributed by atoms with Crippen molar-refractivity contribution in [2.75, 3.05) is 0 Å². The van der Waals surface area contributed by atoms with Crippen LogP contribution in [0.3, 0.4) is 0 Å². The molecule has 2 atom stereocenters. The largest absolute Gasteiger partial charge is 0.417 e. The molecule has 2 unspecified atom stereocenters. The van der Waals surface area contributed by atoms with Crippen LogP contribution in [0.25, 0.3) is 0 Å². The fourth-order valence-electron chi connectivity index (χ4n) is 2.86. The Bertz CT molecular complexity index is 507. The number of ketones is 1. The van der Waals surface area contributed by atoms with Gasteiger partial charge in [0, 0.05) is 11.5 Å². The van der Waals surface area contributed by atoms with Gasteiger partial charge in [0.15, 0.2) is 5.78 Å². The zero-order chi connectivity index (χ0) is 14.9. The maximum atomic E-state index is 13.2.